The molecule has 1 heterocycles. The first-order chi connectivity index (χ1) is 9.49. The van der Waals surface area contributed by atoms with E-state index in [4.69, 9.17) is 10.8 Å². The summed E-state index contributed by atoms with van der Waals surface area (Å²) in [6.07, 6.45) is 1.91. The zero-order chi connectivity index (χ0) is 14.7. The number of benzene rings is 1. The standard InChI is InChI=1S/C14H16N2O4/c15-11(14(19)20)6-8(13(17)18)5-9-7-16-12-4-2-1-3-10(9)12/h1-4,7-8,11,16H,5-6,15H2,(H,17,18)(H,19,20)/t8?,11-/m0/s1. The lowest BCUT2D eigenvalue weighted by Gasteiger charge is -2.14. The van der Waals surface area contributed by atoms with Gasteiger partial charge in [-0.15, -0.1) is 0 Å². The number of para-hydroxylation sites is 1. The summed E-state index contributed by atoms with van der Waals surface area (Å²) in [6.45, 7) is 0. The van der Waals surface area contributed by atoms with Crippen molar-refractivity contribution in [3.63, 3.8) is 0 Å². The van der Waals surface area contributed by atoms with Crippen LogP contribution in [-0.2, 0) is 16.0 Å². The lowest BCUT2D eigenvalue weighted by atomic mass is 9.93. The molecule has 0 aliphatic heterocycles. The highest BCUT2D eigenvalue weighted by Gasteiger charge is 2.25. The van der Waals surface area contributed by atoms with E-state index in [0.29, 0.717) is 0 Å². The molecule has 0 aliphatic carbocycles. The molecule has 0 radical (unpaired) electrons. The third-order valence-corrected chi connectivity index (χ3v) is 3.35. The zero-order valence-electron chi connectivity index (χ0n) is 10.7. The molecule has 6 heteroatoms. The molecule has 1 unspecified atom stereocenters. The van der Waals surface area contributed by atoms with Gasteiger partial charge in [0.2, 0.25) is 0 Å². The minimum Gasteiger partial charge on any atom is -0.481 e. The van der Waals surface area contributed by atoms with Crippen LogP contribution in [0.1, 0.15) is 12.0 Å². The van der Waals surface area contributed by atoms with E-state index in [1.165, 1.54) is 0 Å². The first-order valence-corrected chi connectivity index (χ1v) is 6.25. The Labute approximate surface area is 115 Å². The van der Waals surface area contributed by atoms with Gasteiger partial charge in [-0.05, 0) is 24.5 Å². The summed E-state index contributed by atoms with van der Waals surface area (Å²) in [5, 5.41) is 18.9. The highest BCUT2D eigenvalue weighted by Crippen LogP contribution is 2.22. The molecule has 1 aromatic carbocycles. The highest BCUT2D eigenvalue weighted by atomic mass is 16.4. The van der Waals surface area contributed by atoms with Crippen LogP contribution < -0.4 is 5.73 Å². The normalized spacial score (nSPS) is 14.1. The number of H-pyrrole nitrogens is 1. The number of carboxylic acids is 2. The van der Waals surface area contributed by atoms with Gasteiger partial charge in [0.1, 0.15) is 6.04 Å². The maximum atomic E-state index is 11.3. The third-order valence-electron chi connectivity index (χ3n) is 3.35. The topological polar surface area (TPSA) is 116 Å². The second-order valence-electron chi connectivity index (χ2n) is 4.78. The van der Waals surface area contributed by atoms with Gasteiger partial charge in [-0.1, -0.05) is 18.2 Å². The minimum absolute atomic E-state index is 0.0931. The fraction of sp³-hybridized carbons (Fsp3) is 0.286. The second kappa shape index (κ2) is 5.75. The summed E-state index contributed by atoms with van der Waals surface area (Å²) in [5.74, 6) is -3.04. The van der Waals surface area contributed by atoms with Gasteiger partial charge in [0, 0.05) is 17.1 Å². The van der Waals surface area contributed by atoms with Gasteiger partial charge in [-0.2, -0.15) is 0 Å². The first kappa shape index (κ1) is 14.1. The quantitative estimate of drug-likeness (QED) is 0.633. The van der Waals surface area contributed by atoms with Gasteiger partial charge >= 0.3 is 11.9 Å². The minimum atomic E-state index is -1.19. The van der Waals surface area contributed by atoms with E-state index in [1.807, 2.05) is 24.3 Å². The van der Waals surface area contributed by atoms with Crippen molar-refractivity contribution in [1.82, 2.24) is 4.98 Å². The predicted octanol–water partition coefficient (Wildman–Crippen LogP) is 1.21. The number of nitrogens with two attached hydrogens (primary N) is 1. The van der Waals surface area contributed by atoms with Crippen molar-refractivity contribution in [2.45, 2.75) is 18.9 Å². The average molecular weight is 276 g/mol. The summed E-state index contributed by atoms with van der Waals surface area (Å²) in [5.41, 5.74) is 7.20. The molecule has 0 spiro atoms. The molecule has 0 amide bonds. The van der Waals surface area contributed by atoms with E-state index in [-0.39, 0.29) is 12.8 Å². The van der Waals surface area contributed by atoms with Crippen LogP contribution in [0.15, 0.2) is 30.5 Å². The maximum Gasteiger partial charge on any atom is 0.320 e. The van der Waals surface area contributed by atoms with E-state index in [0.717, 1.165) is 16.5 Å². The molecule has 106 valence electrons. The number of hydrogen-bond donors (Lipinski definition) is 4. The van der Waals surface area contributed by atoms with Crippen molar-refractivity contribution >= 4 is 22.8 Å². The molecular formula is C14H16N2O4. The summed E-state index contributed by atoms with van der Waals surface area (Å²) in [6, 6.07) is 6.39. The highest BCUT2D eigenvalue weighted by molar-refractivity contribution is 5.84. The molecule has 0 saturated carbocycles. The lowest BCUT2D eigenvalue weighted by Crippen LogP contribution is -2.35. The van der Waals surface area contributed by atoms with E-state index < -0.39 is 23.9 Å². The van der Waals surface area contributed by atoms with Crippen LogP contribution in [-0.4, -0.2) is 33.2 Å². The van der Waals surface area contributed by atoms with Gasteiger partial charge in [0.15, 0.2) is 0 Å². The Morgan fingerprint density at radius 1 is 1.20 bits per heavy atom. The fourth-order valence-corrected chi connectivity index (χ4v) is 2.24. The van der Waals surface area contributed by atoms with Crippen LogP contribution in [0.3, 0.4) is 0 Å². The van der Waals surface area contributed by atoms with E-state index in [1.54, 1.807) is 6.20 Å². The summed E-state index contributed by atoms with van der Waals surface area (Å²) < 4.78 is 0. The Morgan fingerprint density at radius 3 is 2.55 bits per heavy atom. The van der Waals surface area contributed by atoms with Crippen LogP contribution in [0, 0.1) is 5.92 Å². The van der Waals surface area contributed by atoms with Crippen LogP contribution in [0.2, 0.25) is 0 Å². The molecule has 0 bridgehead atoms. The van der Waals surface area contributed by atoms with E-state index >= 15 is 0 Å². The Bertz CT molecular complexity index is 635. The van der Waals surface area contributed by atoms with Gasteiger partial charge < -0.3 is 20.9 Å². The zero-order valence-corrected chi connectivity index (χ0v) is 10.7. The average Bonchev–Trinajstić information content (AvgIpc) is 2.81. The van der Waals surface area contributed by atoms with Crippen LogP contribution >= 0.6 is 0 Å². The van der Waals surface area contributed by atoms with Crippen molar-refractivity contribution in [2.24, 2.45) is 11.7 Å². The van der Waals surface area contributed by atoms with Crippen molar-refractivity contribution in [2.75, 3.05) is 0 Å². The molecule has 0 fully saturated rings. The Balaban J connectivity index is 2.20. The molecule has 6 nitrogen and oxygen atoms in total. The number of carbonyl (C=O) groups is 2. The largest absolute Gasteiger partial charge is 0.481 e. The predicted molar refractivity (Wildman–Crippen MR) is 73.4 cm³/mol. The Morgan fingerprint density at radius 2 is 1.90 bits per heavy atom. The molecule has 0 saturated heterocycles. The van der Waals surface area contributed by atoms with Gasteiger partial charge in [-0.25, -0.2) is 0 Å². The van der Waals surface area contributed by atoms with Crippen LogP contribution in [0.4, 0.5) is 0 Å². The number of carboxylic acid groups (broad SMARTS) is 2. The molecule has 5 N–H and O–H groups in total. The molecule has 2 atom stereocenters. The smallest absolute Gasteiger partial charge is 0.320 e. The van der Waals surface area contributed by atoms with Crippen molar-refractivity contribution in [3.8, 4) is 0 Å². The summed E-state index contributed by atoms with van der Waals surface area (Å²) >= 11 is 0. The number of rotatable bonds is 6. The Hall–Kier alpha value is -2.34. The first-order valence-electron chi connectivity index (χ1n) is 6.25. The molecule has 1 aromatic heterocycles. The summed E-state index contributed by atoms with van der Waals surface area (Å²) in [4.78, 5) is 25.1. The van der Waals surface area contributed by atoms with Crippen molar-refractivity contribution in [3.05, 3.63) is 36.0 Å². The second-order valence-corrected chi connectivity index (χ2v) is 4.78. The molecule has 20 heavy (non-hydrogen) atoms. The van der Waals surface area contributed by atoms with Crippen LogP contribution in [0.5, 0.6) is 0 Å². The third kappa shape index (κ3) is 2.97. The number of aliphatic carboxylic acids is 2. The SMILES string of the molecule is N[C@@H](CC(Cc1c[nH]c2ccccc12)C(=O)O)C(=O)O. The monoisotopic (exact) mass is 276 g/mol. The number of fused-ring (bicyclic) bond motifs is 1. The lowest BCUT2D eigenvalue weighted by molar-refractivity contribution is -0.143. The van der Waals surface area contributed by atoms with Crippen molar-refractivity contribution in [1.29, 1.82) is 0 Å². The summed E-state index contributed by atoms with van der Waals surface area (Å²) in [7, 11) is 0. The van der Waals surface area contributed by atoms with Crippen LogP contribution in [0.25, 0.3) is 10.9 Å². The number of nitrogens with one attached hydrogen (secondary N) is 1. The number of aromatic amines is 1. The van der Waals surface area contributed by atoms with Gasteiger partial charge in [0.05, 0.1) is 5.92 Å². The molecule has 0 aliphatic rings. The van der Waals surface area contributed by atoms with E-state index in [9.17, 15) is 14.7 Å². The van der Waals surface area contributed by atoms with Crippen molar-refractivity contribution < 1.29 is 19.8 Å². The Kier molecular flexibility index (Phi) is 4.05. The van der Waals surface area contributed by atoms with Gasteiger partial charge in [0.25, 0.3) is 0 Å². The van der Waals surface area contributed by atoms with Gasteiger partial charge in [-0.3, -0.25) is 9.59 Å². The fourth-order valence-electron chi connectivity index (χ4n) is 2.24. The molecular weight excluding hydrogens is 260 g/mol. The number of hydrogen-bond acceptors (Lipinski definition) is 3. The van der Waals surface area contributed by atoms with E-state index in [2.05, 4.69) is 4.98 Å². The molecule has 2 rings (SSSR count). The number of aromatic nitrogens is 1. The maximum absolute atomic E-state index is 11.3. The molecule has 2 aromatic rings.